The summed E-state index contributed by atoms with van der Waals surface area (Å²) in [5, 5.41) is 5.15. The first kappa shape index (κ1) is 18.2. The zero-order valence-electron chi connectivity index (χ0n) is 15.4. The van der Waals surface area contributed by atoms with Gasteiger partial charge in [0, 0.05) is 6.42 Å². The topological polar surface area (TPSA) is 84.5 Å². The number of imide groups is 1. The molecule has 4 aliphatic rings. The van der Waals surface area contributed by atoms with E-state index in [9.17, 15) is 14.4 Å². The minimum absolute atomic E-state index is 0.0237. The molecule has 0 unspecified atom stereocenters. The highest BCUT2D eigenvalue weighted by Gasteiger charge is 2.47. The molecule has 0 bridgehead atoms. The predicted molar refractivity (Wildman–Crippen MR) is 92.7 cm³/mol. The number of amides is 3. The van der Waals surface area contributed by atoms with Gasteiger partial charge in [0.05, 0.1) is 12.0 Å². The summed E-state index contributed by atoms with van der Waals surface area (Å²) in [6.07, 6.45) is 8.60. The van der Waals surface area contributed by atoms with E-state index in [0.717, 1.165) is 51.0 Å². The molecule has 2 aliphatic carbocycles. The van der Waals surface area contributed by atoms with Crippen molar-refractivity contribution in [2.45, 2.75) is 77.2 Å². The molecule has 2 spiro atoms. The summed E-state index contributed by atoms with van der Waals surface area (Å²) in [4.78, 5) is 33.5. The molecule has 6 nitrogen and oxygen atoms in total. The summed E-state index contributed by atoms with van der Waals surface area (Å²) >= 11 is 0. The average molecular weight is 350 g/mol. The van der Waals surface area contributed by atoms with Crippen molar-refractivity contribution < 1.29 is 19.1 Å². The highest BCUT2D eigenvalue weighted by Crippen LogP contribution is 2.44. The molecular formula is C19H30N2O4. The van der Waals surface area contributed by atoms with Crippen LogP contribution in [0.4, 0.5) is 4.79 Å². The first-order chi connectivity index (χ1) is 11.8. The van der Waals surface area contributed by atoms with Crippen LogP contribution in [0.5, 0.6) is 0 Å². The second-order valence-corrected chi connectivity index (χ2v) is 8.63. The highest BCUT2D eigenvalue weighted by molar-refractivity contribution is 6.05. The van der Waals surface area contributed by atoms with Crippen LogP contribution in [-0.2, 0) is 14.3 Å². The molecule has 4 fully saturated rings. The molecule has 0 radical (unpaired) electrons. The van der Waals surface area contributed by atoms with Gasteiger partial charge in [-0.15, -0.1) is 0 Å². The lowest BCUT2D eigenvalue weighted by molar-refractivity contribution is -0.130. The molecule has 0 aromatic rings. The lowest BCUT2D eigenvalue weighted by atomic mass is 9.70. The minimum Gasteiger partial charge on any atom is -0.441 e. The van der Waals surface area contributed by atoms with Crippen molar-refractivity contribution in [3.8, 4) is 0 Å². The molecule has 2 heterocycles. The van der Waals surface area contributed by atoms with E-state index in [0.29, 0.717) is 12.3 Å². The van der Waals surface area contributed by atoms with Crippen molar-refractivity contribution in [1.29, 1.82) is 0 Å². The van der Waals surface area contributed by atoms with Crippen LogP contribution in [0.25, 0.3) is 0 Å². The lowest BCUT2D eigenvalue weighted by Gasteiger charge is -2.33. The maximum Gasteiger partial charge on any atom is 0.407 e. The number of nitrogens with one attached hydrogen (secondary N) is 2. The number of carbonyl (C=O) groups is 3. The molecule has 3 amide bonds. The van der Waals surface area contributed by atoms with Gasteiger partial charge in [-0.05, 0) is 63.2 Å². The lowest BCUT2D eigenvalue weighted by Crippen LogP contribution is -2.37. The van der Waals surface area contributed by atoms with Crippen molar-refractivity contribution >= 4 is 17.9 Å². The number of alkyl carbamates (subject to hydrolysis) is 1. The van der Waals surface area contributed by atoms with E-state index in [1.54, 1.807) is 0 Å². The van der Waals surface area contributed by atoms with Crippen molar-refractivity contribution in [3.05, 3.63) is 0 Å². The number of ether oxygens (including phenoxy) is 1. The third-order valence-electron chi connectivity index (χ3n) is 6.51. The van der Waals surface area contributed by atoms with Crippen LogP contribution in [0, 0.1) is 17.3 Å². The molecule has 4 rings (SSSR count). The molecule has 2 saturated heterocycles. The molecule has 140 valence electrons. The zero-order valence-corrected chi connectivity index (χ0v) is 15.4. The fraction of sp³-hybridized carbons (Fsp3) is 0.842. The molecule has 2 saturated carbocycles. The first-order valence-electron chi connectivity index (χ1n) is 9.64. The first-order valence-corrected chi connectivity index (χ1v) is 9.64. The quantitative estimate of drug-likeness (QED) is 0.658. The summed E-state index contributed by atoms with van der Waals surface area (Å²) in [6.45, 7) is 5.19. The van der Waals surface area contributed by atoms with E-state index in [1.165, 1.54) is 12.8 Å². The number of carbonyl (C=O) groups excluding carboxylic acids is 3. The van der Waals surface area contributed by atoms with Crippen LogP contribution in [0.2, 0.25) is 0 Å². The molecule has 6 heteroatoms. The molecule has 0 atom stereocenters. The largest absolute Gasteiger partial charge is 0.441 e. The van der Waals surface area contributed by atoms with E-state index in [4.69, 9.17) is 4.74 Å². The zero-order chi connectivity index (χ0) is 18.1. The van der Waals surface area contributed by atoms with Crippen molar-refractivity contribution in [2.24, 2.45) is 17.3 Å². The van der Waals surface area contributed by atoms with Crippen LogP contribution in [0.1, 0.15) is 71.6 Å². The van der Waals surface area contributed by atoms with Crippen molar-refractivity contribution in [1.82, 2.24) is 10.6 Å². The predicted octanol–water partition coefficient (Wildman–Crippen LogP) is 2.90. The molecule has 0 aromatic carbocycles. The van der Waals surface area contributed by atoms with Gasteiger partial charge in [-0.1, -0.05) is 13.8 Å². The monoisotopic (exact) mass is 350 g/mol. The van der Waals surface area contributed by atoms with Gasteiger partial charge >= 0.3 is 6.09 Å². The summed E-state index contributed by atoms with van der Waals surface area (Å²) in [5.41, 5.74) is -0.451. The summed E-state index contributed by atoms with van der Waals surface area (Å²) in [6, 6.07) is 0. The SMILES string of the molecule is CC1CCC2(CC1)CC(=O)NC2=O.CC1CCC2(CC1)CNC(=O)O2. The van der Waals surface area contributed by atoms with Gasteiger partial charge in [-0.3, -0.25) is 14.9 Å². The van der Waals surface area contributed by atoms with E-state index >= 15 is 0 Å². The number of rotatable bonds is 0. The highest BCUT2D eigenvalue weighted by atomic mass is 16.6. The smallest absolute Gasteiger partial charge is 0.407 e. The van der Waals surface area contributed by atoms with Gasteiger partial charge in [0.2, 0.25) is 11.8 Å². The Labute approximate surface area is 149 Å². The molecule has 25 heavy (non-hydrogen) atoms. The van der Waals surface area contributed by atoms with Gasteiger partial charge in [-0.25, -0.2) is 4.79 Å². The van der Waals surface area contributed by atoms with Crippen molar-refractivity contribution in [2.75, 3.05) is 6.54 Å². The maximum absolute atomic E-state index is 11.5. The Morgan fingerprint density at radius 3 is 1.92 bits per heavy atom. The van der Waals surface area contributed by atoms with Gasteiger partial charge in [0.15, 0.2) is 0 Å². The van der Waals surface area contributed by atoms with Crippen LogP contribution in [0.3, 0.4) is 0 Å². The average Bonchev–Trinajstić information content (AvgIpc) is 3.07. The summed E-state index contributed by atoms with van der Waals surface area (Å²) in [5.74, 6) is 1.41. The minimum atomic E-state index is -0.316. The van der Waals surface area contributed by atoms with Gasteiger partial charge in [0.1, 0.15) is 5.60 Å². The normalized spacial score (nSPS) is 40.3. The Hall–Kier alpha value is -1.59. The van der Waals surface area contributed by atoms with Gasteiger partial charge < -0.3 is 10.1 Å². The number of hydrogen-bond acceptors (Lipinski definition) is 4. The fourth-order valence-corrected chi connectivity index (χ4v) is 4.48. The second-order valence-electron chi connectivity index (χ2n) is 8.63. The van der Waals surface area contributed by atoms with E-state index in [1.807, 2.05) is 0 Å². The molecule has 2 N–H and O–H groups in total. The Balaban J connectivity index is 0.000000146. The maximum atomic E-state index is 11.5. The van der Waals surface area contributed by atoms with Crippen LogP contribution in [0.15, 0.2) is 0 Å². The van der Waals surface area contributed by atoms with Gasteiger partial charge in [-0.2, -0.15) is 0 Å². The third-order valence-corrected chi connectivity index (χ3v) is 6.51. The Morgan fingerprint density at radius 2 is 1.48 bits per heavy atom. The van der Waals surface area contributed by atoms with Gasteiger partial charge in [0.25, 0.3) is 0 Å². The van der Waals surface area contributed by atoms with E-state index in [2.05, 4.69) is 24.5 Å². The Bertz CT molecular complexity index is 544. The van der Waals surface area contributed by atoms with Crippen LogP contribution < -0.4 is 10.6 Å². The van der Waals surface area contributed by atoms with E-state index in [-0.39, 0.29) is 28.9 Å². The Morgan fingerprint density at radius 1 is 0.920 bits per heavy atom. The van der Waals surface area contributed by atoms with E-state index < -0.39 is 0 Å². The second kappa shape index (κ2) is 6.96. The summed E-state index contributed by atoms with van der Waals surface area (Å²) in [7, 11) is 0. The standard InChI is InChI=1S/C10H15NO2.C9H15NO2/c1-7-2-4-10(5-3-7)6-8(12)11-9(10)13;1-7-2-4-9(5-3-7)6-10-8(11)12-9/h7H,2-6H2,1H3,(H,11,12,13);7H,2-6H2,1H3,(H,10,11). The van der Waals surface area contributed by atoms with Crippen molar-refractivity contribution in [3.63, 3.8) is 0 Å². The molecule has 2 aliphatic heterocycles. The van der Waals surface area contributed by atoms with Crippen LogP contribution in [-0.4, -0.2) is 30.1 Å². The molecular weight excluding hydrogens is 320 g/mol. The third kappa shape index (κ3) is 3.98. The number of hydrogen-bond donors (Lipinski definition) is 2. The van der Waals surface area contributed by atoms with Crippen LogP contribution >= 0.6 is 0 Å². The summed E-state index contributed by atoms with van der Waals surface area (Å²) < 4.78 is 5.29. The Kier molecular flexibility index (Phi) is 5.07. The molecule has 0 aromatic heterocycles. The fourth-order valence-electron chi connectivity index (χ4n) is 4.48.